The molecule has 0 aliphatic carbocycles. The zero-order valence-electron chi connectivity index (χ0n) is 18.1. The van der Waals surface area contributed by atoms with Gasteiger partial charge in [0, 0.05) is 30.7 Å². The number of nitrogens with one attached hydrogen (secondary N) is 1. The molecule has 2 aromatic carbocycles. The summed E-state index contributed by atoms with van der Waals surface area (Å²) in [4.78, 5) is 32.7. The molecule has 0 aliphatic heterocycles. The van der Waals surface area contributed by atoms with E-state index in [0.717, 1.165) is 21.7 Å². The Morgan fingerprint density at radius 1 is 1.03 bits per heavy atom. The average Bonchev–Trinajstić information content (AvgIpc) is 3.09. The summed E-state index contributed by atoms with van der Waals surface area (Å²) in [5.74, 6) is -0.446. The van der Waals surface area contributed by atoms with Crippen LogP contribution in [0.5, 0.6) is 0 Å². The maximum atomic E-state index is 13.1. The summed E-state index contributed by atoms with van der Waals surface area (Å²) in [5, 5.41) is 3.36. The molecule has 0 radical (unpaired) electrons. The largest absolute Gasteiger partial charge is 0.385 e. The first kappa shape index (κ1) is 22.7. The van der Waals surface area contributed by atoms with E-state index >= 15 is 0 Å². The Balaban J connectivity index is 1.70. The molecule has 1 heterocycles. The first-order chi connectivity index (χ1) is 15.0. The number of aryl methyl sites for hydroxylation is 2. The van der Waals surface area contributed by atoms with Crippen molar-refractivity contribution >= 4 is 28.3 Å². The van der Waals surface area contributed by atoms with Gasteiger partial charge in [0.1, 0.15) is 6.54 Å². The molecule has 1 aromatic heterocycles. The molecule has 3 aromatic rings. The second kappa shape index (κ2) is 10.8. The number of anilines is 1. The van der Waals surface area contributed by atoms with Crippen molar-refractivity contribution in [2.24, 2.45) is 0 Å². The lowest BCUT2D eigenvalue weighted by Crippen LogP contribution is -2.39. The highest BCUT2D eigenvalue weighted by Gasteiger charge is 2.20. The second-order valence-electron chi connectivity index (χ2n) is 7.23. The Morgan fingerprint density at radius 2 is 1.71 bits per heavy atom. The highest BCUT2D eigenvalue weighted by molar-refractivity contribution is 7.15. The van der Waals surface area contributed by atoms with Gasteiger partial charge in [-0.1, -0.05) is 42.5 Å². The lowest BCUT2D eigenvalue weighted by molar-refractivity contribution is -0.116. The van der Waals surface area contributed by atoms with Crippen molar-refractivity contribution in [3.63, 3.8) is 0 Å². The van der Waals surface area contributed by atoms with Gasteiger partial charge < -0.3 is 15.0 Å². The molecule has 1 N–H and O–H groups in total. The Bertz CT molecular complexity index is 997. The Kier molecular flexibility index (Phi) is 7.92. The molecule has 0 saturated heterocycles. The molecule has 0 atom stereocenters. The molecule has 0 aliphatic rings. The van der Waals surface area contributed by atoms with E-state index in [1.807, 2.05) is 56.3 Å². The summed E-state index contributed by atoms with van der Waals surface area (Å²) in [6, 6.07) is 17.5. The zero-order valence-corrected chi connectivity index (χ0v) is 18.9. The fourth-order valence-corrected chi connectivity index (χ4v) is 3.96. The van der Waals surface area contributed by atoms with Gasteiger partial charge in [0.25, 0.3) is 5.91 Å². The highest BCUT2D eigenvalue weighted by Crippen LogP contribution is 2.22. The van der Waals surface area contributed by atoms with E-state index in [1.165, 1.54) is 11.3 Å². The number of hydrogen-bond donors (Lipinski definition) is 1. The summed E-state index contributed by atoms with van der Waals surface area (Å²) in [6.45, 7) is 4.77. The first-order valence-corrected chi connectivity index (χ1v) is 11.0. The molecular formula is C24H27N3O3S. The Hall–Kier alpha value is -3.03. The quantitative estimate of drug-likeness (QED) is 0.499. The lowest BCUT2D eigenvalue weighted by atomic mass is 10.0. The number of aromatic nitrogens is 1. The maximum absolute atomic E-state index is 13.1. The number of hydrogen-bond acceptors (Lipinski definition) is 5. The zero-order chi connectivity index (χ0) is 22.2. The predicted octanol–water partition coefficient (Wildman–Crippen LogP) is 4.54. The average molecular weight is 438 g/mol. The van der Waals surface area contributed by atoms with Gasteiger partial charge in [0.2, 0.25) is 5.91 Å². The number of carbonyl (C=O) groups is 2. The van der Waals surface area contributed by atoms with Crippen LogP contribution in [-0.4, -0.2) is 48.5 Å². The van der Waals surface area contributed by atoms with Crippen molar-refractivity contribution in [1.29, 1.82) is 0 Å². The number of carbonyl (C=O) groups excluding carboxylic acids is 2. The fourth-order valence-electron chi connectivity index (χ4n) is 3.13. The van der Waals surface area contributed by atoms with Crippen LogP contribution >= 0.6 is 11.3 Å². The number of rotatable bonds is 9. The van der Waals surface area contributed by atoms with E-state index < -0.39 is 0 Å². The lowest BCUT2D eigenvalue weighted by Gasteiger charge is -2.22. The van der Waals surface area contributed by atoms with Crippen molar-refractivity contribution < 1.29 is 14.3 Å². The summed E-state index contributed by atoms with van der Waals surface area (Å²) < 4.78 is 5.11. The molecule has 6 nitrogen and oxygen atoms in total. The van der Waals surface area contributed by atoms with Gasteiger partial charge in [-0.05, 0) is 43.5 Å². The van der Waals surface area contributed by atoms with E-state index in [0.29, 0.717) is 30.3 Å². The normalized spacial score (nSPS) is 10.7. The Labute approximate surface area is 186 Å². The fraction of sp³-hybridized carbons (Fsp3) is 0.292. The van der Waals surface area contributed by atoms with E-state index in [-0.39, 0.29) is 18.4 Å². The molecule has 0 spiro atoms. The number of methoxy groups -OCH3 is 1. The smallest absolute Gasteiger partial charge is 0.254 e. The SMILES string of the molecule is COCCCN(CC(=O)Nc1nc(C)c(C)s1)C(=O)c1ccc(-c2ccccc2)cc1. The summed E-state index contributed by atoms with van der Waals surface area (Å²) in [5.41, 5.74) is 3.57. The van der Waals surface area contributed by atoms with Crippen LogP contribution in [0.4, 0.5) is 5.13 Å². The van der Waals surface area contributed by atoms with Crippen LogP contribution in [0.2, 0.25) is 0 Å². The van der Waals surface area contributed by atoms with Gasteiger partial charge in [-0.2, -0.15) is 0 Å². The standard InChI is InChI=1S/C24H27N3O3S/c1-17-18(2)31-24(25-17)26-22(28)16-27(14-7-15-30-3)23(29)21-12-10-20(11-13-21)19-8-5-4-6-9-19/h4-6,8-13H,7,14-16H2,1-3H3,(H,25,26,28). The first-order valence-electron chi connectivity index (χ1n) is 10.2. The third-order valence-corrected chi connectivity index (χ3v) is 5.90. The van der Waals surface area contributed by atoms with E-state index in [1.54, 1.807) is 24.1 Å². The van der Waals surface area contributed by atoms with Crippen molar-refractivity contribution in [3.05, 3.63) is 70.7 Å². The number of nitrogens with zero attached hydrogens (tertiary/aromatic N) is 2. The minimum absolute atomic E-state index is 0.0410. The molecule has 0 saturated carbocycles. The molecule has 0 bridgehead atoms. The number of thiazole rings is 1. The van der Waals surface area contributed by atoms with Crippen molar-refractivity contribution in [1.82, 2.24) is 9.88 Å². The Morgan fingerprint density at radius 3 is 2.32 bits per heavy atom. The van der Waals surface area contributed by atoms with Gasteiger partial charge in [-0.3, -0.25) is 9.59 Å². The highest BCUT2D eigenvalue weighted by atomic mass is 32.1. The van der Waals surface area contributed by atoms with Crippen LogP contribution in [0.25, 0.3) is 11.1 Å². The molecule has 162 valence electrons. The number of benzene rings is 2. The van der Waals surface area contributed by atoms with Crippen LogP contribution in [0.15, 0.2) is 54.6 Å². The predicted molar refractivity (Wildman–Crippen MR) is 124 cm³/mol. The van der Waals surface area contributed by atoms with Crippen LogP contribution in [0.1, 0.15) is 27.3 Å². The summed E-state index contributed by atoms with van der Waals surface area (Å²) >= 11 is 1.43. The van der Waals surface area contributed by atoms with Gasteiger partial charge in [-0.15, -0.1) is 11.3 Å². The summed E-state index contributed by atoms with van der Waals surface area (Å²) in [7, 11) is 1.62. The maximum Gasteiger partial charge on any atom is 0.254 e. The van der Waals surface area contributed by atoms with Crippen molar-refractivity contribution in [3.8, 4) is 11.1 Å². The van der Waals surface area contributed by atoms with Gasteiger partial charge >= 0.3 is 0 Å². The topological polar surface area (TPSA) is 71.5 Å². The van der Waals surface area contributed by atoms with Crippen molar-refractivity contribution in [2.75, 3.05) is 32.1 Å². The van der Waals surface area contributed by atoms with Crippen molar-refractivity contribution in [2.45, 2.75) is 20.3 Å². The van der Waals surface area contributed by atoms with E-state index in [2.05, 4.69) is 10.3 Å². The van der Waals surface area contributed by atoms with E-state index in [9.17, 15) is 9.59 Å². The molecule has 0 unspecified atom stereocenters. The number of ether oxygens (including phenoxy) is 1. The second-order valence-corrected chi connectivity index (χ2v) is 8.43. The number of amides is 2. The molecule has 3 rings (SSSR count). The minimum Gasteiger partial charge on any atom is -0.385 e. The molecule has 2 amide bonds. The minimum atomic E-state index is -0.263. The van der Waals surface area contributed by atoms with Crippen LogP contribution in [0.3, 0.4) is 0 Å². The van der Waals surface area contributed by atoms with Crippen LogP contribution in [-0.2, 0) is 9.53 Å². The molecule has 7 heteroatoms. The monoisotopic (exact) mass is 437 g/mol. The van der Waals surface area contributed by atoms with Crippen LogP contribution < -0.4 is 5.32 Å². The van der Waals surface area contributed by atoms with Gasteiger partial charge in [0.05, 0.1) is 5.69 Å². The van der Waals surface area contributed by atoms with Gasteiger partial charge in [-0.25, -0.2) is 4.98 Å². The molecular weight excluding hydrogens is 410 g/mol. The van der Waals surface area contributed by atoms with E-state index in [4.69, 9.17) is 4.74 Å². The third-order valence-electron chi connectivity index (χ3n) is 4.91. The molecule has 31 heavy (non-hydrogen) atoms. The van der Waals surface area contributed by atoms with Crippen LogP contribution in [0, 0.1) is 13.8 Å². The van der Waals surface area contributed by atoms with Gasteiger partial charge in [0.15, 0.2) is 5.13 Å². The molecule has 0 fully saturated rings. The summed E-state index contributed by atoms with van der Waals surface area (Å²) in [6.07, 6.45) is 0.646. The third kappa shape index (κ3) is 6.23.